The second kappa shape index (κ2) is 10.2. The number of primary amides is 1. The lowest BCUT2D eigenvalue weighted by Crippen LogP contribution is -2.44. The number of hydrogen-bond donors (Lipinski definition) is 4. The van der Waals surface area contributed by atoms with Crippen LogP contribution in [0.3, 0.4) is 0 Å². The summed E-state index contributed by atoms with van der Waals surface area (Å²) in [5, 5.41) is 2.64. The first-order chi connectivity index (χ1) is 8.97. The molecule has 19 heavy (non-hydrogen) atoms. The lowest BCUT2D eigenvalue weighted by molar-refractivity contribution is -0.127. The van der Waals surface area contributed by atoms with E-state index < -0.39 is 11.9 Å². The van der Waals surface area contributed by atoms with Crippen molar-refractivity contribution >= 4 is 17.8 Å². The molecule has 0 saturated heterocycles. The third kappa shape index (κ3) is 9.87. The van der Waals surface area contributed by atoms with Crippen LogP contribution in [0.25, 0.3) is 0 Å². The molecule has 7 N–H and O–H groups in total. The number of nitrogens with one attached hydrogen (secondary N) is 1. The van der Waals surface area contributed by atoms with E-state index >= 15 is 0 Å². The Bertz CT molecular complexity index is 313. The van der Waals surface area contributed by atoms with Crippen LogP contribution in [0, 0.1) is 0 Å². The summed E-state index contributed by atoms with van der Waals surface area (Å²) in [6, 6.07) is -0.650. The van der Waals surface area contributed by atoms with Crippen LogP contribution in [0.5, 0.6) is 0 Å². The first-order valence-corrected chi connectivity index (χ1v) is 6.61. The van der Waals surface area contributed by atoms with Crippen molar-refractivity contribution in [1.82, 2.24) is 5.32 Å². The molecule has 0 heterocycles. The summed E-state index contributed by atoms with van der Waals surface area (Å²) in [6.45, 7) is 2.48. The summed E-state index contributed by atoms with van der Waals surface area (Å²) in [7, 11) is 0. The number of nitrogens with two attached hydrogens (primary N) is 3. The van der Waals surface area contributed by atoms with Gasteiger partial charge in [0.15, 0.2) is 5.96 Å². The highest BCUT2D eigenvalue weighted by Crippen LogP contribution is 2.02. The van der Waals surface area contributed by atoms with Crippen LogP contribution in [0.4, 0.5) is 0 Å². The minimum atomic E-state index is -0.650. The van der Waals surface area contributed by atoms with Gasteiger partial charge in [-0.1, -0.05) is 19.8 Å². The largest absolute Gasteiger partial charge is 0.370 e. The predicted molar refractivity (Wildman–Crippen MR) is 75.2 cm³/mol. The van der Waals surface area contributed by atoms with E-state index in [1.54, 1.807) is 0 Å². The number of aliphatic imine (C=N–C) groups is 1. The maximum Gasteiger partial charge on any atom is 0.240 e. The SMILES string of the molecule is CCCCCC(=O)N[C@@H](CCCN=C(N)N)C(N)=O. The Hall–Kier alpha value is -1.79. The Morgan fingerprint density at radius 3 is 2.37 bits per heavy atom. The molecule has 0 aromatic rings. The molecule has 0 radical (unpaired) electrons. The second-order valence-corrected chi connectivity index (χ2v) is 4.43. The van der Waals surface area contributed by atoms with Gasteiger partial charge < -0.3 is 22.5 Å². The molecule has 0 rings (SSSR count). The van der Waals surface area contributed by atoms with E-state index in [0.29, 0.717) is 25.8 Å². The third-order valence-corrected chi connectivity index (χ3v) is 2.63. The molecule has 0 unspecified atom stereocenters. The van der Waals surface area contributed by atoms with Crippen LogP contribution >= 0.6 is 0 Å². The van der Waals surface area contributed by atoms with Crippen molar-refractivity contribution in [2.45, 2.75) is 51.5 Å². The molecule has 7 heteroatoms. The van der Waals surface area contributed by atoms with Gasteiger partial charge in [0, 0.05) is 13.0 Å². The molecule has 0 aromatic carbocycles. The lowest BCUT2D eigenvalue weighted by Gasteiger charge is -2.14. The summed E-state index contributed by atoms with van der Waals surface area (Å²) in [5.74, 6) is -0.660. The quantitative estimate of drug-likeness (QED) is 0.244. The van der Waals surface area contributed by atoms with E-state index in [4.69, 9.17) is 17.2 Å². The molecule has 0 aromatic heterocycles. The number of guanidine groups is 1. The smallest absolute Gasteiger partial charge is 0.240 e. The summed E-state index contributed by atoms with van der Waals surface area (Å²) in [4.78, 5) is 26.6. The van der Waals surface area contributed by atoms with E-state index in [1.807, 2.05) is 0 Å². The van der Waals surface area contributed by atoms with Crippen molar-refractivity contribution in [2.24, 2.45) is 22.2 Å². The van der Waals surface area contributed by atoms with Crippen molar-refractivity contribution in [3.63, 3.8) is 0 Å². The molecule has 2 amide bonds. The van der Waals surface area contributed by atoms with Crippen LogP contribution < -0.4 is 22.5 Å². The van der Waals surface area contributed by atoms with E-state index in [0.717, 1.165) is 19.3 Å². The minimum Gasteiger partial charge on any atom is -0.370 e. The Kier molecular flexibility index (Phi) is 9.20. The van der Waals surface area contributed by atoms with Crippen LogP contribution in [-0.4, -0.2) is 30.4 Å². The van der Waals surface area contributed by atoms with E-state index in [2.05, 4.69) is 17.2 Å². The standard InChI is InChI=1S/C12H25N5O2/c1-2-3-4-7-10(18)17-9(11(13)19)6-5-8-16-12(14)15/h9H,2-8H2,1H3,(H2,13,19)(H,17,18)(H4,14,15,16)/t9-/m0/s1. The molecule has 0 aliphatic rings. The molecule has 0 spiro atoms. The number of carbonyl (C=O) groups excluding carboxylic acids is 2. The normalized spacial score (nSPS) is 11.6. The van der Waals surface area contributed by atoms with Crippen molar-refractivity contribution in [1.29, 1.82) is 0 Å². The first kappa shape index (κ1) is 17.2. The van der Waals surface area contributed by atoms with Gasteiger partial charge in [-0.2, -0.15) is 0 Å². The second-order valence-electron chi connectivity index (χ2n) is 4.43. The van der Waals surface area contributed by atoms with Crippen molar-refractivity contribution in [3.05, 3.63) is 0 Å². The highest BCUT2D eigenvalue weighted by Gasteiger charge is 2.16. The number of carbonyl (C=O) groups is 2. The van der Waals surface area contributed by atoms with Gasteiger partial charge in [0.2, 0.25) is 11.8 Å². The predicted octanol–water partition coefficient (Wildman–Crippen LogP) is -0.410. The van der Waals surface area contributed by atoms with Gasteiger partial charge >= 0.3 is 0 Å². The Morgan fingerprint density at radius 2 is 1.84 bits per heavy atom. The molecular weight excluding hydrogens is 246 g/mol. The molecule has 0 fully saturated rings. The number of nitrogens with zero attached hydrogens (tertiary/aromatic N) is 1. The van der Waals surface area contributed by atoms with Gasteiger partial charge in [0.1, 0.15) is 6.04 Å². The van der Waals surface area contributed by atoms with Crippen LogP contribution in [0.15, 0.2) is 4.99 Å². The van der Waals surface area contributed by atoms with Gasteiger partial charge in [-0.05, 0) is 19.3 Å². The van der Waals surface area contributed by atoms with Crippen LogP contribution in [-0.2, 0) is 9.59 Å². The summed E-state index contributed by atoms with van der Waals surface area (Å²) < 4.78 is 0. The lowest BCUT2D eigenvalue weighted by atomic mass is 10.1. The van der Waals surface area contributed by atoms with Crippen molar-refractivity contribution < 1.29 is 9.59 Å². The molecular formula is C12H25N5O2. The fourth-order valence-electron chi connectivity index (χ4n) is 1.59. The molecule has 0 aliphatic carbocycles. The molecule has 7 nitrogen and oxygen atoms in total. The third-order valence-electron chi connectivity index (χ3n) is 2.63. The van der Waals surface area contributed by atoms with E-state index in [-0.39, 0.29) is 11.9 Å². The van der Waals surface area contributed by atoms with Crippen LogP contribution in [0.1, 0.15) is 45.4 Å². The van der Waals surface area contributed by atoms with E-state index in [9.17, 15) is 9.59 Å². The molecule has 1 atom stereocenters. The Balaban J connectivity index is 4.01. The zero-order valence-corrected chi connectivity index (χ0v) is 11.5. The Morgan fingerprint density at radius 1 is 1.16 bits per heavy atom. The molecule has 0 saturated carbocycles. The number of rotatable bonds is 10. The molecule has 0 bridgehead atoms. The average molecular weight is 271 g/mol. The summed E-state index contributed by atoms with van der Waals surface area (Å²) in [5.41, 5.74) is 15.6. The fraction of sp³-hybridized carbons (Fsp3) is 0.750. The zero-order chi connectivity index (χ0) is 14.7. The highest BCUT2D eigenvalue weighted by atomic mass is 16.2. The number of hydrogen-bond acceptors (Lipinski definition) is 3. The van der Waals surface area contributed by atoms with Gasteiger partial charge in [-0.25, -0.2) is 0 Å². The van der Waals surface area contributed by atoms with Gasteiger partial charge in [-0.15, -0.1) is 0 Å². The minimum absolute atomic E-state index is 0.0132. The van der Waals surface area contributed by atoms with E-state index in [1.165, 1.54) is 0 Å². The Labute approximate surface area is 114 Å². The van der Waals surface area contributed by atoms with Crippen molar-refractivity contribution in [3.8, 4) is 0 Å². The fourth-order valence-corrected chi connectivity index (χ4v) is 1.59. The van der Waals surface area contributed by atoms with Crippen LogP contribution in [0.2, 0.25) is 0 Å². The first-order valence-electron chi connectivity index (χ1n) is 6.61. The highest BCUT2D eigenvalue weighted by molar-refractivity contribution is 5.86. The van der Waals surface area contributed by atoms with Gasteiger partial charge in [0.25, 0.3) is 0 Å². The maximum atomic E-state index is 11.6. The summed E-state index contributed by atoms with van der Waals surface area (Å²) >= 11 is 0. The topological polar surface area (TPSA) is 137 Å². The summed E-state index contributed by atoms with van der Waals surface area (Å²) in [6.07, 6.45) is 4.31. The van der Waals surface area contributed by atoms with Gasteiger partial charge in [-0.3, -0.25) is 14.6 Å². The monoisotopic (exact) mass is 271 g/mol. The average Bonchev–Trinajstić information content (AvgIpc) is 2.32. The number of unbranched alkanes of at least 4 members (excludes halogenated alkanes) is 2. The van der Waals surface area contributed by atoms with Gasteiger partial charge in [0.05, 0.1) is 0 Å². The molecule has 0 aliphatic heterocycles. The van der Waals surface area contributed by atoms with Crippen molar-refractivity contribution in [2.75, 3.05) is 6.54 Å². The zero-order valence-electron chi connectivity index (χ0n) is 11.5. The number of amides is 2. The maximum absolute atomic E-state index is 11.6. The molecule has 110 valence electrons.